The van der Waals surface area contributed by atoms with Gasteiger partial charge in [-0.05, 0) is 15.9 Å². The molecule has 0 atom stereocenters. The number of nitrogens with zero attached hydrogens (tertiary/aromatic N) is 1. The molecule has 0 aliphatic carbocycles. The number of nitro benzene ring substituents is 1. The molecule has 0 saturated heterocycles. The van der Waals surface area contributed by atoms with Crippen LogP contribution in [0.15, 0.2) is 16.6 Å². The molecule has 0 unspecified atom stereocenters. The van der Waals surface area contributed by atoms with Crippen LogP contribution in [-0.4, -0.2) is 25.1 Å². The van der Waals surface area contributed by atoms with Gasteiger partial charge >= 0.3 is 5.97 Å². The van der Waals surface area contributed by atoms with Crippen molar-refractivity contribution in [1.29, 1.82) is 0 Å². The molecule has 0 saturated carbocycles. The molecule has 0 N–H and O–H groups in total. The van der Waals surface area contributed by atoms with Gasteiger partial charge in [-0.3, -0.25) is 10.1 Å². The number of hydrogen-bond acceptors (Lipinski definition) is 5. The van der Waals surface area contributed by atoms with Crippen LogP contribution in [0.4, 0.5) is 5.69 Å². The fourth-order valence-corrected chi connectivity index (χ4v) is 1.73. The Bertz CT molecular complexity index is 446. The van der Waals surface area contributed by atoms with Crippen LogP contribution in [-0.2, 0) is 4.74 Å². The van der Waals surface area contributed by atoms with E-state index in [0.29, 0.717) is 5.75 Å². The van der Waals surface area contributed by atoms with Crippen molar-refractivity contribution in [2.24, 2.45) is 0 Å². The van der Waals surface area contributed by atoms with Gasteiger partial charge in [0.25, 0.3) is 5.69 Å². The average molecular weight is 290 g/mol. The molecule has 0 heterocycles. The van der Waals surface area contributed by atoms with Crippen LogP contribution in [0.1, 0.15) is 10.4 Å². The molecular weight excluding hydrogens is 282 g/mol. The molecule has 16 heavy (non-hydrogen) atoms. The summed E-state index contributed by atoms with van der Waals surface area (Å²) in [7, 11) is 2.55. The maximum Gasteiger partial charge on any atom is 0.345 e. The average Bonchev–Trinajstić information content (AvgIpc) is 2.26. The van der Waals surface area contributed by atoms with E-state index in [1.54, 1.807) is 0 Å². The highest BCUT2D eigenvalue weighted by molar-refractivity contribution is 9.10. The summed E-state index contributed by atoms with van der Waals surface area (Å²) in [5.41, 5.74) is -0.494. The number of rotatable bonds is 3. The zero-order valence-corrected chi connectivity index (χ0v) is 10.1. The van der Waals surface area contributed by atoms with E-state index in [4.69, 9.17) is 4.74 Å². The Morgan fingerprint density at radius 2 is 2.06 bits per heavy atom. The number of benzene rings is 1. The summed E-state index contributed by atoms with van der Waals surface area (Å²) in [6.45, 7) is 0. The minimum atomic E-state index is -0.786. The Labute approximate surface area is 99.4 Å². The number of carbonyl (C=O) groups excluding carboxylic acids is 1. The first-order chi connectivity index (χ1) is 7.51. The smallest absolute Gasteiger partial charge is 0.345 e. The van der Waals surface area contributed by atoms with Crippen LogP contribution in [0.3, 0.4) is 0 Å². The van der Waals surface area contributed by atoms with Crippen molar-refractivity contribution in [3.8, 4) is 5.75 Å². The number of nitro groups is 1. The van der Waals surface area contributed by atoms with Gasteiger partial charge in [-0.1, -0.05) is 0 Å². The lowest BCUT2D eigenvalue weighted by Gasteiger charge is -2.06. The SMILES string of the molecule is COC(=O)c1cc(OC)cc(Br)c1[N+](=O)[O-]. The summed E-state index contributed by atoms with van der Waals surface area (Å²) >= 11 is 3.01. The first-order valence-electron chi connectivity index (χ1n) is 4.11. The molecule has 0 aliphatic heterocycles. The summed E-state index contributed by atoms with van der Waals surface area (Å²) in [5.74, 6) is -0.454. The highest BCUT2D eigenvalue weighted by Crippen LogP contribution is 2.33. The third kappa shape index (κ3) is 2.30. The molecule has 0 amide bonds. The van der Waals surface area contributed by atoms with Crippen LogP contribution in [0, 0.1) is 10.1 Å². The Balaban J connectivity index is 3.46. The van der Waals surface area contributed by atoms with Crippen molar-refractivity contribution in [2.45, 2.75) is 0 Å². The van der Waals surface area contributed by atoms with E-state index in [-0.39, 0.29) is 15.7 Å². The maximum absolute atomic E-state index is 11.4. The standard InChI is InChI=1S/C9H8BrNO5/c1-15-5-3-6(9(12)16-2)8(11(13)14)7(10)4-5/h3-4H,1-2H3. The number of esters is 1. The molecule has 1 aromatic carbocycles. The van der Waals surface area contributed by atoms with E-state index in [0.717, 1.165) is 7.11 Å². The summed E-state index contributed by atoms with van der Waals surface area (Å²) in [6.07, 6.45) is 0. The van der Waals surface area contributed by atoms with Gasteiger partial charge in [0, 0.05) is 12.1 Å². The fourth-order valence-electron chi connectivity index (χ4n) is 1.14. The Kier molecular flexibility index (Phi) is 3.83. The molecule has 7 heteroatoms. The molecule has 1 rings (SSSR count). The number of hydrogen-bond donors (Lipinski definition) is 0. The lowest BCUT2D eigenvalue weighted by Crippen LogP contribution is -2.06. The Morgan fingerprint density at radius 3 is 2.50 bits per heavy atom. The maximum atomic E-state index is 11.4. The predicted octanol–water partition coefficient (Wildman–Crippen LogP) is 2.15. The van der Waals surface area contributed by atoms with E-state index in [1.165, 1.54) is 19.2 Å². The Morgan fingerprint density at radius 1 is 1.44 bits per heavy atom. The first-order valence-corrected chi connectivity index (χ1v) is 4.90. The minimum absolute atomic E-state index is 0.154. The van der Waals surface area contributed by atoms with E-state index in [2.05, 4.69) is 20.7 Å². The van der Waals surface area contributed by atoms with Crippen LogP contribution in [0.5, 0.6) is 5.75 Å². The number of carbonyl (C=O) groups is 1. The normalized spacial score (nSPS) is 9.69. The van der Waals surface area contributed by atoms with Crippen molar-refractivity contribution in [3.05, 3.63) is 32.3 Å². The molecular formula is C9H8BrNO5. The molecule has 86 valence electrons. The largest absolute Gasteiger partial charge is 0.497 e. The zero-order valence-electron chi connectivity index (χ0n) is 8.52. The molecule has 6 nitrogen and oxygen atoms in total. The van der Waals surface area contributed by atoms with Crippen LogP contribution < -0.4 is 4.74 Å². The van der Waals surface area contributed by atoms with Gasteiger partial charge in [0.1, 0.15) is 11.3 Å². The van der Waals surface area contributed by atoms with E-state index in [9.17, 15) is 14.9 Å². The molecule has 0 spiro atoms. The van der Waals surface area contributed by atoms with E-state index < -0.39 is 10.9 Å². The summed E-state index contributed by atoms with van der Waals surface area (Å²) in [4.78, 5) is 21.5. The van der Waals surface area contributed by atoms with Crippen LogP contribution >= 0.6 is 15.9 Å². The second-order valence-corrected chi connectivity index (χ2v) is 3.61. The molecule has 0 radical (unpaired) electrons. The predicted molar refractivity (Wildman–Crippen MR) is 58.7 cm³/mol. The topological polar surface area (TPSA) is 78.7 Å². The molecule has 0 aromatic heterocycles. The zero-order chi connectivity index (χ0) is 12.3. The first kappa shape index (κ1) is 12.4. The highest BCUT2D eigenvalue weighted by atomic mass is 79.9. The van der Waals surface area contributed by atoms with Crippen molar-refractivity contribution in [2.75, 3.05) is 14.2 Å². The third-order valence-electron chi connectivity index (χ3n) is 1.86. The second-order valence-electron chi connectivity index (χ2n) is 2.75. The van der Waals surface area contributed by atoms with Crippen molar-refractivity contribution < 1.29 is 19.2 Å². The van der Waals surface area contributed by atoms with E-state index in [1.807, 2.05) is 0 Å². The summed E-state index contributed by atoms with van der Waals surface area (Å²) in [6, 6.07) is 2.67. The number of halogens is 1. The Hall–Kier alpha value is -1.63. The molecule has 1 aromatic rings. The van der Waals surface area contributed by atoms with Crippen molar-refractivity contribution >= 4 is 27.6 Å². The van der Waals surface area contributed by atoms with Crippen LogP contribution in [0.2, 0.25) is 0 Å². The lowest BCUT2D eigenvalue weighted by atomic mass is 10.1. The number of ether oxygens (including phenoxy) is 2. The van der Waals surface area contributed by atoms with Gasteiger partial charge in [-0.25, -0.2) is 4.79 Å². The molecule has 0 aliphatic rings. The second kappa shape index (κ2) is 4.93. The van der Waals surface area contributed by atoms with Gasteiger partial charge in [0.2, 0.25) is 0 Å². The van der Waals surface area contributed by atoms with Gasteiger partial charge in [0.15, 0.2) is 0 Å². The lowest BCUT2D eigenvalue weighted by molar-refractivity contribution is -0.386. The van der Waals surface area contributed by atoms with Gasteiger partial charge < -0.3 is 9.47 Å². The van der Waals surface area contributed by atoms with Crippen LogP contribution in [0.25, 0.3) is 0 Å². The third-order valence-corrected chi connectivity index (χ3v) is 2.46. The van der Waals surface area contributed by atoms with E-state index >= 15 is 0 Å². The van der Waals surface area contributed by atoms with Gasteiger partial charge in [-0.15, -0.1) is 0 Å². The van der Waals surface area contributed by atoms with Crippen molar-refractivity contribution in [3.63, 3.8) is 0 Å². The van der Waals surface area contributed by atoms with Gasteiger partial charge in [-0.2, -0.15) is 0 Å². The monoisotopic (exact) mass is 289 g/mol. The van der Waals surface area contributed by atoms with Gasteiger partial charge in [0.05, 0.1) is 23.6 Å². The highest BCUT2D eigenvalue weighted by Gasteiger charge is 2.25. The summed E-state index contributed by atoms with van der Waals surface area (Å²) in [5, 5.41) is 10.8. The minimum Gasteiger partial charge on any atom is -0.497 e. The molecule has 0 fully saturated rings. The number of methoxy groups -OCH3 is 2. The quantitative estimate of drug-likeness (QED) is 0.484. The van der Waals surface area contributed by atoms with Crippen molar-refractivity contribution in [1.82, 2.24) is 0 Å². The molecule has 0 bridgehead atoms. The fraction of sp³-hybridized carbons (Fsp3) is 0.222. The summed E-state index contributed by atoms with van der Waals surface area (Å²) < 4.78 is 9.53.